The summed E-state index contributed by atoms with van der Waals surface area (Å²) in [5.74, 6) is 0.464. The van der Waals surface area contributed by atoms with E-state index in [1.807, 2.05) is 0 Å². The summed E-state index contributed by atoms with van der Waals surface area (Å²) in [6.07, 6.45) is -0.126. The Bertz CT molecular complexity index is 224. The van der Waals surface area contributed by atoms with Crippen molar-refractivity contribution in [1.29, 1.82) is 0 Å². The van der Waals surface area contributed by atoms with E-state index in [0.717, 1.165) is 38.8 Å². The van der Waals surface area contributed by atoms with E-state index in [9.17, 15) is 13.2 Å². The molecule has 0 spiro atoms. The van der Waals surface area contributed by atoms with Gasteiger partial charge < -0.3 is 5.32 Å². The molecule has 0 aromatic heterocycles. The highest BCUT2D eigenvalue weighted by molar-refractivity contribution is 4.88. The highest BCUT2D eigenvalue weighted by Crippen LogP contribution is 2.31. The first-order chi connectivity index (χ1) is 7.56. The molecule has 0 aromatic rings. The van der Waals surface area contributed by atoms with Gasteiger partial charge in [-0.05, 0) is 51.2 Å². The Morgan fingerprint density at radius 1 is 1.12 bits per heavy atom. The summed E-state index contributed by atoms with van der Waals surface area (Å²) in [5.41, 5.74) is 0. The van der Waals surface area contributed by atoms with E-state index in [1.54, 1.807) is 4.90 Å². The molecule has 1 N–H and O–H groups in total. The maximum absolute atomic E-state index is 12.4. The molecule has 2 fully saturated rings. The van der Waals surface area contributed by atoms with Crippen molar-refractivity contribution in [2.45, 2.75) is 37.9 Å². The lowest BCUT2D eigenvalue weighted by Crippen LogP contribution is -2.44. The van der Waals surface area contributed by atoms with E-state index in [-0.39, 0.29) is 6.04 Å². The maximum atomic E-state index is 12.4. The fraction of sp³-hybridized carbons (Fsp3) is 1.00. The predicted molar refractivity (Wildman–Crippen MR) is 56.2 cm³/mol. The van der Waals surface area contributed by atoms with Gasteiger partial charge in [-0.1, -0.05) is 0 Å². The van der Waals surface area contributed by atoms with Gasteiger partial charge >= 0.3 is 6.18 Å². The van der Waals surface area contributed by atoms with Crippen LogP contribution in [-0.2, 0) is 0 Å². The third-order valence-corrected chi connectivity index (χ3v) is 3.72. The molecular weight excluding hydrogens is 217 g/mol. The van der Waals surface area contributed by atoms with Gasteiger partial charge in [0.15, 0.2) is 0 Å². The molecule has 2 aliphatic heterocycles. The van der Waals surface area contributed by atoms with Gasteiger partial charge in [0.05, 0.1) is 6.54 Å². The SMILES string of the molecule is FC(F)(F)CN1CCCC1C1CCNCC1. The van der Waals surface area contributed by atoms with Gasteiger partial charge in [-0.25, -0.2) is 0 Å². The summed E-state index contributed by atoms with van der Waals surface area (Å²) in [7, 11) is 0. The zero-order valence-electron chi connectivity index (χ0n) is 9.39. The second kappa shape index (κ2) is 4.92. The van der Waals surface area contributed by atoms with Gasteiger partial charge in [0.2, 0.25) is 0 Å². The van der Waals surface area contributed by atoms with Crippen LogP contribution in [0.3, 0.4) is 0 Å². The number of alkyl halides is 3. The zero-order valence-corrected chi connectivity index (χ0v) is 9.39. The largest absolute Gasteiger partial charge is 0.401 e. The lowest BCUT2D eigenvalue weighted by molar-refractivity contribution is -0.149. The number of likely N-dealkylation sites (tertiary alicyclic amines) is 1. The molecule has 0 bridgehead atoms. The van der Waals surface area contributed by atoms with E-state index < -0.39 is 12.7 Å². The second-order valence-corrected chi connectivity index (χ2v) is 4.88. The van der Waals surface area contributed by atoms with Crippen LogP contribution in [0.1, 0.15) is 25.7 Å². The van der Waals surface area contributed by atoms with Crippen LogP contribution in [0.15, 0.2) is 0 Å². The Morgan fingerprint density at radius 3 is 2.44 bits per heavy atom. The van der Waals surface area contributed by atoms with Crippen LogP contribution in [-0.4, -0.2) is 43.3 Å². The van der Waals surface area contributed by atoms with Crippen LogP contribution in [0.2, 0.25) is 0 Å². The summed E-state index contributed by atoms with van der Waals surface area (Å²) in [4.78, 5) is 1.65. The Hall–Kier alpha value is -0.290. The van der Waals surface area contributed by atoms with Crippen molar-refractivity contribution >= 4 is 0 Å². The van der Waals surface area contributed by atoms with Crippen molar-refractivity contribution < 1.29 is 13.2 Å². The van der Waals surface area contributed by atoms with E-state index in [1.165, 1.54) is 0 Å². The lowest BCUT2D eigenvalue weighted by Gasteiger charge is -2.34. The molecule has 94 valence electrons. The minimum Gasteiger partial charge on any atom is -0.317 e. The van der Waals surface area contributed by atoms with Crippen LogP contribution >= 0.6 is 0 Å². The molecule has 2 heterocycles. The molecule has 1 unspecified atom stereocenters. The van der Waals surface area contributed by atoms with Crippen molar-refractivity contribution in [3.8, 4) is 0 Å². The second-order valence-electron chi connectivity index (χ2n) is 4.88. The first kappa shape index (κ1) is 12.2. The summed E-state index contributed by atoms with van der Waals surface area (Å²) in [5, 5.41) is 3.26. The minimum absolute atomic E-state index is 0.170. The molecule has 5 heteroatoms. The predicted octanol–water partition coefficient (Wildman–Crippen LogP) is 2.01. The normalized spacial score (nSPS) is 29.8. The van der Waals surface area contributed by atoms with Crippen LogP contribution in [0.4, 0.5) is 13.2 Å². The monoisotopic (exact) mass is 236 g/mol. The van der Waals surface area contributed by atoms with Crippen molar-refractivity contribution in [3.63, 3.8) is 0 Å². The third kappa shape index (κ3) is 3.10. The molecule has 2 rings (SSSR count). The molecular formula is C11H19F3N2. The van der Waals surface area contributed by atoms with Gasteiger partial charge in [0, 0.05) is 6.04 Å². The van der Waals surface area contributed by atoms with E-state index >= 15 is 0 Å². The van der Waals surface area contributed by atoms with Crippen LogP contribution in [0.5, 0.6) is 0 Å². The topological polar surface area (TPSA) is 15.3 Å². The summed E-state index contributed by atoms with van der Waals surface area (Å²) in [6.45, 7) is 1.82. The van der Waals surface area contributed by atoms with Crippen molar-refractivity contribution in [3.05, 3.63) is 0 Å². The molecule has 0 aliphatic carbocycles. The average molecular weight is 236 g/mol. The first-order valence-corrected chi connectivity index (χ1v) is 6.08. The highest BCUT2D eigenvalue weighted by Gasteiger charge is 2.39. The van der Waals surface area contributed by atoms with Crippen molar-refractivity contribution in [1.82, 2.24) is 10.2 Å². The molecule has 0 amide bonds. The van der Waals surface area contributed by atoms with Gasteiger partial charge in [0.25, 0.3) is 0 Å². The molecule has 0 saturated carbocycles. The van der Waals surface area contributed by atoms with E-state index in [2.05, 4.69) is 5.32 Å². The van der Waals surface area contributed by atoms with E-state index in [4.69, 9.17) is 0 Å². The maximum Gasteiger partial charge on any atom is 0.401 e. The Morgan fingerprint density at radius 2 is 1.81 bits per heavy atom. The molecule has 0 radical (unpaired) electrons. The smallest absolute Gasteiger partial charge is 0.317 e. The van der Waals surface area contributed by atoms with Crippen molar-refractivity contribution in [2.75, 3.05) is 26.2 Å². The van der Waals surface area contributed by atoms with Crippen LogP contribution in [0.25, 0.3) is 0 Å². The zero-order chi connectivity index (χ0) is 11.6. The standard InChI is InChI=1S/C11H19F3N2/c12-11(13,14)8-16-7-1-2-10(16)9-3-5-15-6-4-9/h9-10,15H,1-8H2. The summed E-state index contributed by atoms with van der Waals surface area (Å²) < 4.78 is 37.2. The number of nitrogens with zero attached hydrogens (tertiary/aromatic N) is 1. The molecule has 2 aliphatic rings. The van der Waals surface area contributed by atoms with Crippen LogP contribution in [0, 0.1) is 5.92 Å². The molecule has 2 nitrogen and oxygen atoms in total. The average Bonchev–Trinajstić information content (AvgIpc) is 2.64. The number of halogens is 3. The number of rotatable bonds is 2. The quantitative estimate of drug-likeness (QED) is 0.789. The van der Waals surface area contributed by atoms with Gasteiger partial charge in [0.1, 0.15) is 0 Å². The lowest BCUT2D eigenvalue weighted by atomic mass is 9.89. The Kier molecular flexibility index (Phi) is 3.74. The number of nitrogens with one attached hydrogen (secondary N) is 1. The molecule has 16 heavy (non-hydrogen) atoms. The van der Waals surface area contributed by atoms with Crippen molar-refractivity contribution in [2.24, 2.45) is 5.92 Å². The highest BCUT2D eigenvalue weighted by atomic mass is 19.4. The summed E-state index contributed by atoms with van der Waals surface area (Å²) in [6, 6.07) is 0.170. The van der Waals surface area contributed by atoms with Gasteiger partial charge in [-0.15, -0.1) is 0 Å². The fourth-order valence-corrected chi connectivity index (χ4v) is 3.04. The summed E-state index contributed by atoms with van der Waals surface area (Å²) >= 11 is 0. The number of piperidine rings is 1. The molecule has 0 aromatic carbocycles. The van der Waals surface area contributed by atoms with Gasteiger partial charge in [-0.2, -0.15) is 13.2 Å². The molecule has 2 saturated heterocycles. The van der Waals surface area contributed by atoms with E-state index in [0.29, 0.717) is 12.5 Å². The molecule has 1 atom stereocenters. The Balaban J connectivity index is 1.91. The minimum atomic E-state index is -4.05. The number of hydrogen-bond donors (Lipinski definition) is 1. The fourth-order valence-electron chi connectivity index (χ4n) is 3.04. The van der Waals surface area contributed by atoms with Crippen LogP contribution < -0.4 is 5.32 Å². The number of hydrogen-bond acceptors (Lipinski definition) is 2. The first-order valence-electron chi connectivity index (χ1n) is 6.08. The van der Waals surface area contributed by atoms with Gasteiger partial charge in [-0.3, -0.25) is 4.90 Å². The Labute approximate surface area is 94.2 Å². The third-order valence-electron chi connectivity index (χ3n) is 3.72.